The van der Waals surface area contributed by atoms with Gasteiger partial charge >= 0.3 is 6.01 Å². The Morgan fingerprint density at radius 3 is 2.58 bits per heavy atom. The SMILES string of the molecule is COc1nc(O[C@@H]2C[C@H]3C(=O)N[C@]4(C(=O)NS(=O)(=O)C5CC5)C[C@@H]4/C=C\CCCCN(C)C(=O)[C@@H]3C2)cc(-c2ccccc2)n1. The summed E-state index contributed by atoms with van der Waals surface area (Å²) < 4.78 is 39.1. The summed E-state index contributed by atoms with van der Waals surface area (Å²) in [5.41, 5.74) is 0.0616. The monoisotopic (exact) mass is 637 g/mol. The fraction of sp³-hybridized carbons (Fsp3) is 0.531. The predicted molar refractivity (Wildman–Crippen MR) is 164 cm³/mol. The molecule has 6 rings (SSSR count). The lowest BCUT2D eigenvalue weighted by Gasteiger charge is -2.26. The number of amides is 3. The molecule has 3 aliphatic carbocycles. The van der Waals surface area contributed by atoms with Crippen LogP contribution in [-0.4, -0.2) is 78.6 Å². The first-order valence-electron chi connectivity index (χ1n) is 15.5. The number of carbonyl (C=O) groups excluding carboxylic acids is 3. The molecule has 45 heavy (non-hydrogen) atoms. The number of allylic oxidation sites excluding steroid dienone is 1. The lowest BCUT2D eigenvalue weighted by molar-refractivity contribution is -0.140. The highest BCUT2D eigenvalue weighted by atomic mass is 32.2. The Balaban J connectivity index is 1.26. The molecule has 240 valence electrons. The Morgan fingerprint density at radius 2 is 1.84 bits per heavy atom. The fourth-order valence-electron chi connectivity index (χ4n) is 6.37. The minimum absolute atomic E-state index is 0.124. The zero-order valence-corrected chi connectivity index (χ0v) is 26.3. The van der Waals surface area contributed by atoms with Crippen molar-refractivity contribution in [2.24, 2.45) is 17.8 Å². The number of carbonyl (C=O) groups is 3. The first kappa shape index (κ1) is 31.0. The molecule has 4 aliphatic rings. The lowest BCUT2D eigenvalue weighted by atomic mass is 9.93. The van der Waals surface area contributed by atoms with Gasteiger partial charge in [0.15, 0.2) is 0 Å². The Kier molecular flexibility index (Phi) is 8.55. The highest BCUT2D eigenvalue weighted by Crippen LogP contribution is 2.47. The van der Waals surface area contributed by atoms with Gasteiger partial charge in [0.1, 0.15) is 11.6 Å². The van der Waals surface area contributed by atoms with E-state index in [0.29, 0.717) is 25.1 Å². The molecule has 1 aromatic heterocycles. The number of benzene rings is 1. The van der Waals surface area contributed by atoms with Crippen LogP contribution in [0.5, 0.6) is 11.9 Å². The fourth-order valence-corrected chi connectivity index (χ4v) is 7.74. The van der Waals surface area contributed by atoms with Gasteiger partial charge in [0.2, 0.25) is 27.7 Å². The molecule has 0 spiro atoms. The van der Waals surface area contributed by atoms with E-state index in [9.17, 15) is 22.8 Å². The van der Waals surface area contributed by atoms with Crippen molar-refractivity contribution in [3.63, 3.8) is 0 Å². The number of sulfonamides is 1. The molecule has 0 radical (unpaired) electrons. The van der Waals surface area contributed by atoms with E-state index in [-0.39, 0.29) is 43.0 Å². The van der Waals surface area contributed by atoms with Gasteiger partial charge in [-0.3, -0.25) is 19.1 Å². The van der Waals surface area contributed by atoms with Crippen LogP contribution in [-0.2, 0) is 24.4 Å². The van der Waals surface area contributed by atoms with Crippen molar-refractivity contribution in [1.29, 1.82) is 0 Å². The topological polar surface area (TPSA) is 157 Å². The van der Waals surface area contributed by atoms with Crippen LogP contribution in [0, 0.1) is 17.8 Å². The molecule has 3 saturated carbocycles. The smallest absolute Gasteiger partial charge is 0.320 e. The number of hydrogen-bond donors (Lipinski definition) is 2. The number of hydrogen-bond acceptors (Lipinski definition) is 9. The molecular formula is C32H39N5O7S. The van der Waals surface area contributed by atoms with Crippen LogP contribution in [0.3, 0.4) is 0 Å². The number of rotatable bonds is 7. The van der Waals surface area contributed by atoms with Gasteiger partial charge in [-0.15, -0.1) is 0 Å². The van der Waals surface area contributed by atoms with Gasteiger partial charge in [-0.1, -0.05) is 42.5 Å². The normalized spacial score (nSPS) is 29.4. The number of ether oxygens (including phenoxy) is 2. The molecule has 0 saturated heterocycles. The van der Waals surface area contributed by atoms with Crippen LogP contribution in [0.25, 0.3) is 11.3 Å². The van der Waals surface area contributed by atoms with E-state index in [2.05, 4.69) is 20.0 Å². The summed E-state index contributed by atoms with van der Waals surface area (Å²) in [6, 6.07) is 11.3. The molecule has 1 aliphatic heterocycles. The molecule has 12 nitrogen and oxygen atoms in total. The zero-order chi connectivity index (χ0) is 31.8. The van der Waals surface area contributed by atoms with Crippen LogP contribution in [0.15, 0.2) is 48.6 Å². The summed E-state index contributed by atoms with van der Waals surface area (Å²) in [5.74, 6) is -2.92. The summed E-state index contributed by atoms with van der Waals surface area (Å²) in [4.78, 5) is 51.6. The van der Waals surface area contributed by atoms with Crippen LogP contribution < -0.4 is 19.5 Å². The molecular weight excluding hydrogens is 598 g/mol. The zero-order valence-electron chi connectivity index (χ0n) is 25.5. The summed E-state index contributed by atoms with van der Waals surface area (Å²) in [6.07, 6.45) is 7.51. The van der Waals surface area contributed by atoms with Crippen LogP contribution in [0.2, 0.25) is 0 Å². The van der Waals surface area contributed by atoms with Gasteiger partial charge in [0, 0.05) is 31.1 Å². The average molecular weight is 638 g/mol. The van der Waals surface area contributed by atoms with E-state index in [1.807, 2.05) is 42.5 Å². The Hall–Kier alpha value is -4.00. The molecule has 5 atom stereocenters. The molecule has 0 unspecified atom stereocenters. The lowest BCUT2D eigenvalue weighted by Crippen LogP contribution is -2.54. The van der Waals surface area contributed by atoms with Gasteiger partial charge in [-0.2, -0.15) is 9.97 Å². The average Bonchev–Trinajstić information content (AvgIpc) is 3.95. The standard InChI is InChI=1S/C32H39N5O7S/c1-37-15-9-4-3-8-12-21-19-32(21,30(40)36-45(41,42)23-13-14-23)35-28(38)24-16-22(17-25(24)29(37)39)44-27-18-26(33-31(34-27)43-2)20-10-6-5-7-11-20/h5-8,10-12,18,21-25H,3-4,9,13-17,19H2,1-2H3,(H,35,38)(H,36,40)/b12-8-/t21-,22+,24+,25+,32+/m0/s1. The third kappa shape index (κ3) is 6.68. The summed E-state index contributed by atoms with van der Waals surface area (Å²) in [5, 5.41) is 2.33. The van der Waals surface area contributed by atoms with Crippen LogP contribution in [0.4, 0.5) is 0 Å². The molecule has 13 heteroatoms. The number of fused-ring (bicyclic) bond motifs is 2. The molecule has 3 fully saturated rings. The van der Waals surface area contributed by atoms with Gasteiger partial charge in [0.05, 0.1) is 29.9 Å². The minimum atomic E-state index is -3.81. The maximum atomic E-state index is 14.0. The van der Waals surface area contributed by atoms with Crippen LogP contribution >= 0.6 is 0 Å². The quantitative estimate of drug-likeness (QED) is 0.436. The Morgan fingerprint density at radius 1 is 1.09 bits per heavy atom. The third-order valence-corrected chi connectivity index (χ3v) is 11.0. The molecule has 2 aromatic rings. The van der Waals surface area contributed by atoms with E-state index in [1.165, 1.54) is 7.11 Å². The van der Waals surface area contributed by atoms with E-state index < -0.39 is 50.6 Å². The van der Waals surface area contributed by atoms with Crippen molar-refractivity contribution >= 4 is 27.7 Å². The second-order valence-corrected chi connectivity index (χ2v) is 14.5. The molecule has 3 amide bonds. The first-order chi connectivity index (χ1) is 21.6. The van der Waals surface area contributed by atoms with Crippen molar-refractivity contribution in [1.82, 2.24) is 24.9 Å². The van der Waals surface area contributed by atoms with E-state index in [0.717, 1.165) is 24.8 Å². The van der Waals surface area contributed by atoms with E-state index >= 15 is 0 Å². The van der Waals surface area contributed by atoms with Gasteiger partial charge < -0.3 is 19.7 Å². The predicted octanol–water partition coefficient (Wildman–Crippen LogP) is 2.61. The molecule has 1 aromatic carbocycles. The maximum Gasteiger partial charge on any atom is 0.320 e. The largest absolute Gasteiger partial charge is 0.474 e. The van der Waals surface area contributed by atoms with Gasteiger partial charge in [-0.05, 0) is 51.4 Å². The Labute approximate surface area is 263 Å². The second kappa shape index (κ2) is 12.4. The maximum absolute atomic E-state index is 14.0. The van der Waals surface area contributed by atoms with E-state index in [1.54, 1.807) is 18.0 Å². The van der Waals surface area contributed by atoms with Crippen molar-refractivity contribution in [2.45, 2.75) is 68.3 Å². The highest BCUT2D eigenvalue weighted by molar-refractivity contribution is 7.91. The summed E-state index contributed by atoms with van der Waals surface area (Å²) >= 11 is 0. The summed E-state index contributed by atoms with van der Waals surface area (Å²) in [7, 11) is -0.605. The molecule has 2 heterocycles. The second-order valence-electron chi connectivity index (χ2n) is 12.5. The van der Waals surface area contributed by atoms with Crippen LogP contribution in [0.1, 0.15) is 51.4 Å². The summed E-state index contributed by atoms with van der Waals surface area (Å²) in [6.45, 7) is 0.557. The van der Waals surface area contributed by atoms with Gasteiger partial charge in [0.25, 0.3) is 5.91 Å². The van der Waals surface area contributed by atoms with Crippen molar-refractivity contribution in [3.05, 3.63) is 48.6 Å². The van der Waals surface area contributed by atoms with Gasteiger partial charge in [-0.25, -0.2) is 8.42 Å². The minimum Gasteiger partial charge on any atom is -0.474 e. The number of methoxy groups -OCH3 is 1. The van der Waals surface area contributed by atoms with Crippen molar-refractivity contribution in [2.75, 3.05) is 20.7 Å². The van der Waals surface area contributed by atoms with Crippen molar-refractivity contribution < 1.29 is 32.3 Å². The third-order valence-electron chi connectivity index (χ3n) is 9.22. The Bertz CT molecular complexity index is 1600. The molecule has 2 N–H and O–H groups in total. The number of aromatic nitrogens is 2. The number of nitrogens with zero attached hydrogens (tertiary/aromatic N) is 3. The first-order valence-corrected chi connectivity index (χ1v) is 17.1. The molecule has 0 bridgehead atoms. The highest BCUT2D eigenvalue weighted by Gasteiger charge is 2.62. The van der Waals surface area contributed by atoms with Crippen molar-refractivity contribution in [3.8, 4) is 23.1 Å². The van der Waals surface area contributed by atoms with E-state index in [4.69, 9.17) is 9.47 Å². The number of nitrogens with one attached hydrogen (secondary N) is 2.